The van der Waals surface area contributed by atoms with Gasteiger partial charge in [0.05, 0.1) is 25.1 Å². The van der Waals surface area contributed by atoms with E-state index in [0.29, 0.717) is 11.3 Å². The number of anilines is 1. The Morgan fingerprint density at radius 2 is 1.68 bits per heavy atom. The van der Waals surface area contributed by atoms with Gasteiger partial charge in [0.2, 0.25) is 0 Å². The molecule has 0 amide bonds. The third-order valence-electron chi connectivity index (χ3n) is 4.77. The molecule has 142 valence electrons. The number of ketones is 1. The van der Waals surface area contributed by atoms with Crippen molar-refractivity contribution in [2.75, 3.05) is 31.2 Å². The minimum absolute atomic E-state index is 0.0541. The Kier molecular flexibility index (Phi) is 5.35. The molecule has 0 radical (unpaired) electrons. The number of carbonyl (C=O) groups excluding carboxylic acids is 1. The predicted molar refractivity (Wildman–Crippen MR) is 111 cm³/mol. The molecule has 28 heavy (non-hydrogen) atoms. The van der Waals surface area contributed by atoms with Gasteiger partial charge in [0.25, 0.3) is 0 Å². The fourth-order valence-electron chi connectivity index (χ4n) is 3.16. The Labute approximate surface area is 164 Å². The van der Waals surface area contributed by atoms with Crippen LogP contribution in [0.2, 0.25) is 0 Å². The van der Waals surface area contributed by atoms with Gasteiger partial charge in [0, 0.05) is 29.9 Å². The Morgan fingerprint density at radius 1 is 0.964 bits per heavy atom. The lowest BCUT2D eigenvalue weighted by molar-refractivity contribution is 0.101. The van der Waals surface area contributed by atoms with Crippen molar-refractivity contribution in [2.45, 2.75) is 6.92 Å². The van der Waals surface area contributed by atoms with E-state index in [4.69, 9.17) is 9.15 Å². The molecule has 1 aliphatic rings. The van der Waals surface area contributed by atoms with E-state index in [9.17, 15) is 4.79 Å². The molecule has 4 rings (SSSR count). The first-order valence-corrected chi connectivity index (χ1v) is 9.37. The number of benzene rings is 2. The third kappa shape index (κ3) is 4.21. The topological polar surface area (TPSA) is 55.0 Å². The summed E-state index contributed by atoms with van der Waals surface area (Å²) in [6, 6.07) is 19.4. The maximum Gasteiger partial charge on any atom is 0.159 e. The van der Waals surface area contributed by atoms with Gasteiger partial charge >= 0.3 is 0 Å². The van der Waals surface area contributed by atoms with Gasteiger partial charge in [-0.05, 0) is 43.3 Å². The zero-order valence-electron chi connectivity index (χ0n) is 15.8. The van der Waals surface area contributed by atoms with E-state index in [1.807, 2.05) is 48.5 Å². The lowest BCUT2D eigenvalue weighted by atomic mass is 10.1. The Balaban J connectivity index is 1.43. The standard InChI is InChI=1S/C23H22N2O3/c1-17(26)18-2-4-19(5-3-18)23-11-10-22(28-23)16-24-20-6-8-21(9-7-20)25-12-14-27-15-13-25/h2-11,16H,12-15H2,1H3. The van der Waals surface area contributed by atoms with Crippen LogP contribution in [0.25, 0.3) is 11.3 Å². The third-order valence-corrected chi connectivity index (χ3v) is 4.77. The highest BCUT2D eigenvalue weighted by atomic mass is 16.5. The number of nitrogens with zero attached hydrogens (tertiary/aromatic N) is 2. The molecule has 1 saturated heterocycles. The number of Topliss-reactive ketones (excluding diaryl/α,β-unsaturated/α-hetero) is 1. The molecule has 0 bridgehead atoms. The molecule has 1 aliphatic heterocycles. The van der Waals surface area contributed by atoms with Crippen molar-refractivity contribution >= 4 is 23.4 Å². The van der Waals surface area contributed by atoms with E-state index in [-0.39, 0.29) is 5.78 Å². The van der Waals surface area contributed by atoms with Crippen LogP contribution >= 0.6 is 0 Å². The summed E-state index contributed by atoms with van der Waals surface area (Å²) in [6.07, 6.45) is 1.72. The minimum Gasteiger partial charge on any atom is -0.455 e. The molecule has 0 N–H and O–H groups in total. The molecule has 0 spiro atoms. The number of hydrogen-bond acceptors (Lipinski definition) is 5. The predicted octanol–water partition coefficient (Wildman–Crippen LogP) is 4.74. The van der Waals surface area contributed by atoms with E-state index in [2.05, 4.69) is 22.0 Å². The summed E-state index contributed by atoms with van der Waals surface area (Å²) in [5.41, 5.74) is 3.69. The van der Waals surface area contributed by atoms with Crippen molar-refractivity contribution < 1.29 is 13.9 Å². The van der Waals surface area contributed by atoms with Crippen molar-refractivity contribution in [1.82, 2.24) is 0 Å². The first-order chi connectivity index (χ1) is 13.7. The second kappa shape index (κ2) is 8.23. The monoisotopic (exact) mass is 374 g/mol. The number of morpholine rings is 1. The first-order valence-electron chi connectivity index (χ1n) is 9.37. The smallest absolute Gasteiger partial charge is 0.159 e. The van der Waals surface area contributed by atoms with E-state index in [1.54, 1.807) is 13.1 Å². The summed E-state index contributed by atoms with van der Waals surface area (Å²) in [4.78, 5) is 18.2. The van der Waals surface area contributed by atoms with Crippen LogP contribution in [0, 0.1) is 0 Å². The van der Waals surface area contributed by atoms with E-state index >= 15 is 0 Å². The van der Waals surface area contributed by atoms with Crippen LogP contribution < -0.4 is 4.90 Å². The number of ether oxygens (including phenoxy) is 1. The molecule has 2 aromatic carbocycles. The average Bonchev–Trinajstić information content (AvgIpc) is 3.22. The highest BCUT2D eigenvalue weighted by molar-refractivity contribution is 5.94. The zero-order chi connectivity index (χ0) is 19.3. The van der Waals surface area contributed by atoms with Crippen LogP contribution in [0.15, 0.2) is 70.1 Å². The van der Waals surface area contributed by atoms with Crippen LogP contribution in [0.5, 0.6) is 0 Å². The summed E-state index contributed by atoms with van der Waals surface area (Å²) in [5, 5.41) is 0. The van der Waals surface area contributed by atoms with Gasteiger partial charge in [0.15, 0.2) is 5.78 Å². The van der Waals surface area contributed by atoms with E-state index in [0.717, 1.165) is 43.3 Å². The molecule has 5 nitrogen and oxygen atoms in total. The van der Waals surface area contributed by atoms with Crippen LogP contribution in [0.4, 0.5) is 11.4 Å². The van der Waals surface area contributed by atoms with Gasteiger partial charge in [-0.1, -0.05) is 24.3 Å². The van der Waals surface area contributed by atoms with Gasteiger partial charge in [0.1, 0.15) is 11.5 Å². The number of aliphatic imine (C=N–C) groups is 1. The van der Waals surface area contributed by atoms with Crippen molar-refractivity contribution in [3.8, 4) is 11.3 Å². The van der Waals surface area contributed by atoms with Gasteiger partial charge < -0.3 is 14.1 Å². The fourth-order valence-corrected chi connectivity index (χ4v) is 3.16. The van der Waals surface area contributed by atoms with Crippen molar-refractivity contribution in [3.63, 3.8) is 0 Å². The molecule has 5 heteroatoms. The molecule has 2 heterocycles. The molecule has 0 saturated carbocycles. The molecule has 3 aromatic rings. The average molecular weight is 374 g/mol. The molecule has 0 atom stereocenters. The summed E-state index contributed by atoms with van der Waals surface area (Å²) in [5.74, 6) is 1.49. The normalized spacial score (nSPS) is 14.5. The molecule has 0 unspecified atom stereocenters. The minimum atomic E-state index is 0.0541. The maximum absolute atomic E-state index is 11.4. The highest BCUT2D eigenvalue weighted by Crippen LogP contribution is 2.24. The lowest BCUT2D eigenvalue weighted by Gasteiger charge is -2.28. The van der Waals surface area contributed by atoms with Crippen molar-refractivity contribution in [3.05, 3.63) is 72.0 Å². The van der Waals surface area contributed by atoms with Crippen LogP contribution in [0.3, 0.4) is 0 Å². The molecular weight excluding hydrogens is 352 g/mol. The second-order valence-electron chi connectivity index (χ2n) is 6.71. The van der Waals surface area contributed by atoms with Gasteiger partial charge in [-0.15, -0.1) is 0 Å². The van der Waals surface area contributed by atoms with Crippen molar-refractivity contribution in [2.24, 2.45) is 4.99 Å². The van der Waals surface area contributed by atoms with Gasteiger partial charge in [-0.2, -0.15) is 0 Å². The van der Waals surface area contributed by atoms with Crippen LogP contribution in [0.1, 0.15) is 23.0 Å². The fraction of sp³-hybridized carbons (Fsp3) is 0.217. The molecule has 1 aromatic heterocycles. The molecular formula is C23H22N2O3. The number of hydrogen-bond donors (Lipinski definition) is 0. The summed E-state index contributed by atoms with van der Waals surface area (Å²) in [6.45, 7) is 4.96. The highest BCUT2D eigenvalue weighted by Gasteiger charge is 2.10. The Morgan fingerprint density at radius 3 is 2.36 bits per heavy atom. The summed E-state index contributed by atoms with van der Waals surface area (Å²) >= 11 is 0. The molecule has 0 aliphatic carbocycles. The Bertz CT molecular complexity index is 966. The van der Waals surface area contributed by atoms with Gasteiger partial charge in [-0.3, -0.25) is 9.79 Å². The lowest BCUT2D eigenvalue weighted by Crippen LogP contribution is -2.36. The quantitative estimate of drug-likeness (QED) is 0.478. The number of rotatable bonds is 5. The van der Waals surface area contributed by atoms with Crippen molar-refractivity contribution in [1.29, 1.82) is 0 Å². The maximum atomic E-state index is 11.4. The largest absolute Gasteiger partial charge is 0.455 e. The number of furan rings is 1. The van der Waals surface area contributed by atoms with Gasteiger partial charge in [-0.25, -0.2) is 0 Å². The van der Waals surface area contributed by atoms with E-state index < -0.39 is 0 Å². The van der Waals surface area contributed by atoms with E-state index in [1.165, 1.54) is 5.69 Å². The second-order valence-corrected chi connectivity index (χ2v) is 6.71. The summed E-state index contributed by atoms with van der Waals surface area (Å²) < 4.78 is 11.2. The number of carbonyl (C=O) groups is 1. The SMILES string of the molecule is CC(=O)c1ccc(-c2ccc(C=Nc3ccc(N4CCOCC4)cc3)o2)cc1. The van der Waals surface area contributed by atoms with Crippen LogP contribution in [-0.4, -0.2) is 38.3 Å². The summed E-state index contributed by atoms with van der Waals surface area (Å²) in [7, 11) is 0. The first kappa shape index (κ1) is 18.2. The zero-order valence-corrected chi connectivity index (χ0v) is 15.8. The molecule has 1 fully saturated rings. The Hall–Kier alpha value is -3.18. The van der Waals surface area contributed by atoms with Crippen LogP contribution in [-0.2, 0) is 4.74 Å².